The highest BCUT2D eigenvalue weighted by atomic mass is 19.4. The van der Waals surface area contributed by atoms with Crippen molar-refractivity contribution in [3.63, 3.8) is 0 Å². The first-order chi connectivity index (χ1) is 17.3. The van der Waals surface area contributed by atoms with Crippen LogP contribution in [0.4, 0.5) is 13.2 Å². The van der Waals surface area contributed by atoms with E-state index in [4.69, 9.17) is 9.94 Å². The molecule has 0 atom stereocenters. The lowest BCUT2D eigenvalue weighted by Gasteiger charge is -2.42. The Morgan fingerprint density at radius 3 is 2.11 bits per heavy atom. The Balaban J connectivity index is 1.74. The van der Waals surface area contributed by atoms with Gasteiger partial charge in [0.1, 0.15) is 18.1 Å². The van der Waals surface area contributed by atoms with Gasteiger partial charge >= 0.3 is 6.36 Å². The van der Waals surface area contributed by atoms with E-state index in [1.807, 2.05) is 6.92 Å². The van der Waals surface area contributed by atoms with Crippen LogP contribution in [0, 0.1) is 6.92 Å². The van der Waals surface area contributed by atoms with E-state index in [-0.39, 0.29) is 23.2 Å². The number of aryl methyl sites for hydroxylation is 1. The molecule has 0 spiro atoms. The van der Waals surface area contributed by atoms with E-state index in [9.17, 15) is 13.2 Å². The van der Waals surface area contributed by atoms with Gasteiger partial charge in [-0.3, -0.25) is 0 Å². The standard InChI is InChI=1S/C30H32F3NO3/c1-19-14-25-26(29(4,5)13-12-28(25,2)3)16-23(19)24-15-21(8-11-27(24)37-30(31,32)33)18-36-22-9-6-20(7-10-22)17-34-35/h6-11,14-17,35H,12-13,18H2,1-5H3/b34-17+. The minimum Gasteiger partial charge on any atom is -0.489 e. The fraction of sp³-hybridized carbons (Fsp3) is 0.367. The van der Waals surface area contributed by atoms with Crippen LogP contribution in [0.3, 0.4) is 0 Å². The predicted molar refractivity (Wildman–Crippen MR) is 139 cm³/mol. The molecule has 0 saturated heterocycles. The monoisotopic (exact) mass is 511 g/mol. The SMILES string of the molecule is Cc1cc2c(cc1-c1cc(COc3ccc(/C=N/O)cc3)ccc1OC(F)(F)F)C(C)(C)CCC2(C)C. The fourth-order valence-corrected chi connectivity index (χ4v) is 4.99. The van der Waals surface area contributed by atoms with E-state index in [0.29, 0.717) is 22.4 Å². The molecule has 0 amide bonds. The van der Waals surface area contributed by atoms with Crippen LogP contribution in [0.25, 0.3) is 11.1 Å². The number of oxime groups is 1. The van der Waals surface area contributed by atoms with Gasteiger partial charge in [0.05, 0.1) is 6.21 Å². The van der Waals surface area contributed by atoms with Crippen molar-refractivity contribution in [1.82, 2.24) is 0 Å². The van der Waals surface area contributed by atoms with Crippen molar-refractivity contribution in [3.8, 4) is 22.6 Å². The highest BCUT2D eigenvalue weighted by Crippen LogP contribution is 2.48. The van der Waals surface area contributed by atoms with Crippen molar-refractivity contribution in [1.29, 1.82) is 0 Å². The summed E-state index contributed by atoms with van der Waals surface area (Å²) in [4.78, 5) is 0. The molecule has 3 aromatic carbocycles. The molecule has 0 saturated carbocycles. The molecule has 4 rings (SSSR count). The second kappa shape index (κ2) is 9.77. The van der Waals surface area contributed by atoms with Crippen LogP contribution in [0.5, 0.6) is 11.5 Å². The van der Waals surface area contributed by atoms with Gasteiger partial charge in [-0.15, -0.1) is 13.2 Å². The number of halogens is 3. The lowest BCUT2D eigenvalue weighted by atomic mass is 9.62. The van der Waals surface area contributed by atoms with Crippen molar-refractivity contribution >= 4 is 6.21 Å². The summed E-state index contributed by atoms with van der Waals surface area (Å²) >= 11 is 0. The van der Waals surface area contributed by atoms with Crippen LogP contribution in [0.1, 0.15) is 68.4 Å². The van der Waals surface area contributed by atoms with E-state index in [1.54, 1.807) is 36.4 Å². The second-order valence-electron chi connectivity index (χ2n) is 11.0. The zero-order valence-electron chi connectivity index (χ0n) is 21.7. The van der Waals surface area contributed by atoms with Crippen LogP contribution >= 0.6 is 0 Å². The van der Waals surface area contributed by atoms with E-state index in [1.165, 1.54) is 17.8 Å². The van der Waals surface area contributed by atoms with Gasteiger partial charge in [0.25, 0.3) is 0 Å². The van der Waals surface area contributed by atoms with E-state index in [2.05, 4.69) is 49.7 Å². The quantitative estimate of drug-likeness (QED) is 0.206. The largest absolute Gasteiger partial charge is 0.573 e. The first kappa shape index (κ1) is 26.6. The van der Waals surface area contributed by atoms with Crippen LogP contribution in [-0.2, 0) is 17.4 Å². The smallest absolute Gasteiger partial charge is 0.489 e. The van der Waals surface area contributed by atoms with Crippen molar-refractivity contribution in [3.05, 3.63) is 82.4 Å². The Bertz CT molecular complexity index is 1310. The highest BCUT2D eigenvalue weighted by Gasteiger charge is 2.38. The van der Waals surface area contributed by atoms with Crippen LogP contribution < -0.4 is 9.47 Å². The molecule has 0 heterocycles. The van der Waals surface area contributed by atoms with Gasteiger partial charge in [-0.1, -0.05) is 45.0 Å². The summed E-state index contributed by atoms with van der Waals surface area (Å²) < 4.78 is 50.3. The van der Waals surface area contributed by atoms with Crippen LogP contribution in [0.15, 0.2) is 59.8 Å². The molecule has 0 bridgehead atoms. The van der Waals surface area contributed by atoms with E-state index < -0.39 is 6.36 Å². The molecule has 0 radical (unpaired) electrons. The zero-order valence-corrected chi connectivity index (χ0v) is 21.7. The number of benzene rings is 3. The topological polar surface area (TPSA) is 51.0 Å². The van der Waals surface area contributed by atoms with Crippen molar-refractivity contribution in [2.45, 2.75) is 71.3 Å². The number of ether oxygens (including phenoxy) is 2. The molecule has 196 valence electrons. The molecule has 0 aromatic heterocycles. The third kappa shape index (κ3) is 5.92. The van der Waals surface area contributed by atoms with E-state index >= 15 is 0 Å². The van der Waals surface area contributed by atoms with Gasteiger partial charge in [-0.05, 0) is 106 Å². The first-order valence-corrected chi connectivity index (χ1v) is 12.2. The summed E-state index contributed by atoms with van der Waals surface area (Å²) in [5, 5.41) is 11.6. The Kier molecular flexibility index (Phi) is 7.01. The molecular weight excluding hydrogens is 479 g/mol. The van der Waals surface area contributed by atoms with Crippen molar-refractivity contribution in [2.24, 2.45) is 5.16 Å². The molecule has 4 nitrogen and oxygen atoms in total. The molecule has 37 heavy (non-hydrogen) atoms. The number of rotatable bonds is 6. The van der Waals surface area contributed by atoms with Crippen molar-refractivity contribution in [2.75, 3.05) is 0 Å². The average molecular weight is 512 g/mol. The summed E-state index contributed by atoms with van der Waals surface area (Å²) in [7, 11) is 0. The predicted octanol–water partition coefficient (Wildman–Crippen LogP) is 8.30. The zero-order chi connectivity index (χ0) is 27.0. The maximum Gasteiger partial charge on any atom is 0.573 e. The molecule has 1 aliphatic carbocycles. The molecular formula is C30H32F3NO3. The van der Waals surface area contributed by atoms with Crippen LogP contribution in [0.2, 0.25) is 0 Å². The summed E-state index contributed by atoms with van der Waals surface area (Å²) in [6.45, 7) is 10.9. The normalized spacial score (nSPS) is 16.4. The molecule has 0 fully saturated rings. The number of fused-ring (bicyclic) bond motifs is 1. The Hall–Kier alpha value is -3.48. The Morgan fingerprint density at radius 1 is 0.892 bits per heavy atom. The molecule has 0 aliphatic heterocycles. The maximum atomic E-state index is 13.3. The lowest BCUT2D eigenvalue weighted by Crippen LogP contribution is -2.34. The van der Waals surface area contributed by atoms with Gasteiger partial charge in [0.2, 0.25) is 0 Å². The van der Waals surface area contributed by atoms with E-state index in [0.717, 1.165) is 29.5 Å². The van der Waals surface area contributed by atoms with Gasteiger partial charge < -0.3 is 14.7 Å². The van der Waals surface area contributed by atoms with Crippen LogP contribution in [-0.4, -0.2) is 17.8 Å². The third-order valence-electron chi connectivity index (χ3n) is 7.25. The number of hydrogen-bond acceptors (Lipinski definition) is 4. The summed E-state index contributed by atoms with van der Waals surface area (Å²) in [5.74, 6) is 0.348. The molecule has 3 aromatic rings. The fourth-order valence-electron chi connectivity index (χ4n) is 4.99. The van der Waals surface area contributed by atoms with Gasteiger partial charge in [-0.25, -0.2) is 0 Å². The number of hydrogen-bond donors (Lipinski definition) is 1. The Labute approximate surface area is 215 Å². The first-order valence-electron chi connectivity index (χ1n) is 12.2. The molecule has 0 unspecified atom stereocenters. The number of nitrogens with zero attached hydrogens (tertiary/aromatic N) is 1. The summed E-state index contributed by atoms with van der Waals surface area (Å²) in [6, 6.07) is 15.8. The average Bonchev–Trinajstić information content (AvgIpc) is 2.81. The number of alkyl halides is 3. The van der Waals surface area contributed by atoms with Gasteiger partial charge in [0.15, 0.2) is 0 Å². The van der Waals surface area contributed by atoms with Gasteiger partial charge in [0, 0.05) is 5.56 Å². The maximum absolute atomic E-state index is 13.3. The second-order valence-corrected chi connectivity index (χ2v) is 11.0. The summed E-state index contributed by atoms with van der Waals surface area (Å²) in [6.07, 6.45) is -1.46. The van der Waals surface area contributed by atoms with Crippen molar-refractivity contribution < 1.29 is 27.9 Å². The molecule has 1 N–H and O–H groups in total. The third-order valence-corrected chi connectivity index (χ3v) is 7.25. The minimum atomic E-state index is -4.81. The lowest BCUT2D eigenvalue weighted by molar-refractivity contribution is -0.274. The summed E-state index contributed by atoms with van der Waals surface area (Å²) in [5.41, 5.74) is 5.73. The Morgan fingerprint density at radius 2 is 1.51 bits per heavy atom. The van der Waals surface area contributed by atoms with Gasteiger partial charge in [-0.2, -0.15) is 0 Å². The molecule has 7 heteroatoms. The molecule has 1 aliphatic rings. The highest BCUT2D eigenvalue weighted by molar-refractivity contribution is 5.79. The minimum absolute atomic E-state index is 0.00624.